The van der Waals surface area contributed by atoms with Gasteiger partial charge in [0.05, 0.1) is 0 Å². The molecule has 0 spiro atoms. The summed E-state index contributed by atoms with van der Waals surface area (Å²) in [4.78, 5) is 0. The molecule has 68 valence electrons. The molecular weight excluding hydrogens is 162 g/mol. The van der Waals surface area contributed by atoms with Gasteiger partial charge in [-0.05, 0) is 11.1 Å². The van der Waals surface area contributed by atoms with Gasteiger partial charge in [0.25, 0.3) is 5.96 Å². The summed E-state index contributed by atoms with van der Waals surface area (Å²) in [5.74, 6) is 0.192. The Balaban J connectivity index is 2.09. The molecule has 0 saturated heterocycles. The molecule has 1 aromatic carbocycles. The smallest absolute Gasteiger partial charge is 0.289 e. The molecular formula is C10H14N3+. The van der Waals surface area contributed by atoms with E-state index >= 15 is 0 Å². The standard InChI is InChI=1S/C10H13N3/c11-10(12)13-9-5-7-3-1-2-4-8(7)6-9/h1-4,9H,5-6H2,(H4,11,12,13)/p+1. The lowest BCUT2D eigenvalue weighted by molar-refractivity contribution is -0.581. The van der Waals surface area contributed by atoms with E-state index < -0.39 is 0 Å². The highest BCUT2D eigenvalue weighted by Gasteiger charge is 2.23. The molecule has 0 unspecified atom stereocenters. The van der Waals surface area contributed by atoms with Gasteiger partial charge in [0.15, 0.2) is 0 Å². The van der Waals surface area contributed by atoms with Crippen molar-refractivity contribution in [3.05, 3.63) is 35.4 Å². The Morgan fingerprint density at radius 3 is 2.31 bits per heavy atom. The monoisotopic (exact) mass is 176 g/mol. The van der Waals surface area contributed by atoms with E-state index in [1.54, 1.807) is 0 Å². The molecule has 3 heteroatoms. The quantitative estimate of drug-likeness (QED) is 0.396. The summed E-state index contributed by atoms with van der Waals surface area (Å²) in [6.07, 6.45) is 2.07. The first-order valence-corrected chi connectivity index (χ1v) is 4.51. The number of benzene rings is 1. The van der Waals surface area contributed by atoms with Crippen molar-refractivity contribution in [2.75, 3.05) is 0 Å². The summed E-state index contributed by atoms with van der Waals surface area (Å²) in [5, 5.41) is 9.04. The Morgan fingerprint density at radius 1 is 1.31 bits per heavy atom. The topological polar surface area (TPSA) is 66.5 Å². The predicted molar refractivity (Wildman–Crippen MR) is 51.5 cm³/mol. The molecule has 0 atom stereocenters. The molecule has 0 aliphatic heterocycles. The Labute approximate surface area is 77.5 Å². The van der Waals surface area contributed by atoms with E-state index in [1.165, 1.54) is 11.1 Å². The molecule has 13 heavy (non-hydrogen) atoms. The largest absolute Gasteiger partial charge is 0.338 e. The van der Waals surface area contributed by atoms with Crippen molar-refractivity contribution < 1.29 is 5.32 Å². The van der Waals surface area contributed by atoms with Gasteiger partial charge in [0.1, 0.15) is 6.04 Å². The number of hydrogen-bond acceptors (Lipinski definition) is 1. The Bertz CT molecular complexity index is 308. The van der Waals surface area contributed by atoms with Gasteiger partial charge < -0.3 is 5.73 Å². The lowest BCUT2D eigenvalue weighted by Crippen LogP contribution is -2.95. The molecule has 1 aliphatic carbocycles. The summed E-state index contributed by atoms with van der Waals surface area (Å²) in [6, 6.07) is 8.88. The molecule has 1 aromatic rings. The second kappa shape index (κ2) is 3.18. The van der Waals surface area contributed by atoms with E-state index in [4.69, 9.17) is 11.1 Å². The zero-order valence-electron chi connectivity index (χ0n) is 7.46. The summed E-state index contributed by atoms with van der Waals surface area (Å²) in [7, 11) is 0. The molecule has 0 radical (unpaired) electrons. The number of hydrogen-bond donors (Lipinski definition) is 3. The molecule has 0 fully saturated rings. The van der Waals surface area contributed by atoms with Crippen molar-refractivity contribution in [1.29, 1.82) is 5.41 Å². The molecule has 1 aliphatic rings. The average Bonchev–Trinajstić information content (AvgIpc) is 2.44. The maximum absolute atomic E-state index is 7.19. The van der Waals surface area contributed by atoms with Crippen LogP contribution in [0, 0.1) is 5.41 Å². The van der Waals surface area contributed by atoms with Crippen molar-refractivity contribution >= 4 is 5.96 Å². The average molecular weight is 176 g/mol. The number of nitrogens with two attached hydrogens (primary N) is 2. The van der Waals surface area contributed by atoms with E-state index in [0.717, 1.165) is 12.8 Å². The van der Waals surface area contributed by atoms with E-state index in [9.17, 15) is 0 Å². The van der Waals surface area contributed by atoms with Crippen LogP contribution in [-0.4, -0.2) is 12.0 Å². The first kappa shape index (κ1) is 8.26. The third kappa shape index (κ3) is 1.70. The first-order chi connectivity index (χ1) is 6.25. The highest BCUT2D eigenvalue weighted by atomic mass is 15.1. The fraction of sp³-hybridized carbons (Fsp3) is 0.300. The van der Waals surface area contributed by atoms with E-state index in [2.05, 4.69) is 24.3 Å². The molecule has 5 N–H and O–H groups in total. The van der Waals surface area contributed by atoms with Gasteiger partial charge in [0, 0.05) is 12.8 Å². The fourth-order valence-electron chi connectivity index (χ4n) is 1.96. The van der Waals surface area contributed by atoms with Crippen LogP contribution in [0.4, 0.5) is 0 Å². The Hall–Kier alpha value is -1.35. The van der Waals surface area contributed by atoms with Crippen molar-refractivity contribution in [1.82, 2.24) is 0 Å². The van der Waals surface area contributed by atoms with Gasteiger partial charge >= 0.3 is 0 Å². The second-order valence-electron chi connectivity index (χ2n) is 3.56. The number of nitrogens with one attached hydrogen (secondary N) is 1. The first-order valence-electron chi connectivity index (χ1n) is 4.51. The molecule has 2 rings (SSSR count). The molecule has 0 heterocycles. The predicted octanol–water partition coefficient (Wildman–Crippen LogP) is -0.389. The van der Waals surface area contributed by atoms with Gasteiger partial charge in [-0.2, -0.15) is 0 Å². The van der Waals surface area contributed by atoms with E-state index in [0.29, 0.717) is 6.04 Å². The summed E-state index contributed by atoms with van der Waals surface area (Å²) >= 11 is 0. The van der Waals surface area contributed by atoms with Crippen molar-refractivity contribution in [2.45, 2.75) is 18.9 Å². The van der Waals surface area contributed by atoms with Crippen LogP contribution >= 0.6 is 0 Å². The number of fused-ring (bicyclic) bond motifs is 1. The normalized spacial score (nSPS) is 15.7. The van der Waals surface area contributed by atoms with E-state index in [1.807, 2.05) is 5.32 Å². The third-order valence-corrected chi connectivity index (χ3v) is 2.50. The maximum atomic E-state index is 7.19. The fourth-order valence-corrected chi connectivity index (χ4v) is 1.96. The molecule has 0 amide bonds. The third-order valence-electron chi connectivity index (χ3n) is 2.50. The second-order valence-corrected chi connectivity index (χ2v) is 3.56. The van der Waals surface area contributed by atoms with Crippen LogP contribution in [0.2, 0.25) is 0 Å². The number of quaternary nitrogens is 1. The zero-order chi connectivity index (χ0) is 9.26. The van der Waals surface area contributed by atoms with Gasteiger partial charge in [-0.15, -0.1) is 0 Å². The van der Waals surface area contributed by atoms with Crippen molar-refractivity contribution in [2.24, 2.45) is 5.73 Å². The van der Waals surface area contributed by atoms with Crippen molar-refractivity contribution in [3.63, 3.8) is 0 Å². The van der Waals surface area contributed by atoms with Gasteiger partial charge in [-0.1, -0.05) is 24.3 Å². The van der Waals surface area contributed by atoms with Crippen molar-refractivity contribution in [3.8, 4) is 0 Å². The Kier molecular flexibility index (Phi) is 2.02. The van der Waals surface area contributed by atoms with Crippen LogP contribution in [0.15, 0.2) is 24.3 Å². The molecule has 3 nitrogen and oxygen atoms in total. The number of rotatable bonds is 1. The van der Waals surface area contributed by atoms with Crippen LogP contribution in [0.25, 0.3) is 0 Å². The lowest BCUT2D eigenvalue weighted by Gasteiger charge is -2.04. The van der Waals surface area contributed by atoms with Crippen LogP contribution in [-0.2, 0) is 12.8 Å². The summed E-state index contributed by atoms with van der Waals surface area (Å²) in [6.45, 7) is 0. The highest BCUT2D eigenvalue weighted by Crippen LogP contribution is 2.19. The van der Waals surface area contributed by atoms with E-state index in [-0.39, 0.29) is 5.96 Å². The Morgan fingerprint density at radius 2 is 1.85 bits per heavy atom. The van der Waals surface area contributed by atoms with Crippen LogP contribution in [0.5, 0.6) is 0 Å². The van der Waals surface area contributed by atoms with Gasteiger partial charge in [-0.3, -0.25) is 5.32 Å². The molecule has 0 saturated carbocycles. The van der Waals surface area contributed by atoms with Gasteiger partial charge in [0.2, 0.25) is 0 Å². The highest BCUT2D eigenvalue weighted by molar-refractivity contribution is 5.63. The molecule has 0 aromatic heterocycles. The minimum absolute atomic E-state index is 0.192. The van der Waals surface area contributed by atoms with Crippen LogP contribution < -0.4 is 11.1 Å². The summed E-state index contributed by atoms with van der Waals surface area (Å²) < 4.78 is 0. The number of guanidine groups is 1. The lowest BCUT2D eigenvalue weighted by atomic mass is 10.1. The zero-order valence-corrected chi connectivity index (χ0v) is 7.46. The van der Waals surface area contributed by atoms with Crippen LogP contribution in [0.1, 0.15) is 11.1 Å². The maximum Gasteiger partial charge on any atom is 0.289 e. The van der Waals surface area contributed by atoms with Gasteiger partial charge in [-0.25, -0.2) is 5.41 Å². The summed E-state index contributed by atoms with van der Waals surface area (Å²) in [5.41, 5.74) is 8.15. The minimum Gasteiger partial charge on any atom is -0.338 e. The molecule has 0 bridgehead atoms. The SMILES string of the molecule is N=C(N)[NH2+]C1Cc2ccccc2C1. The minimum atomic E-state index is 0.192. The van der Waals surface area contributed by atoms with Crippen LogP contribution in [0.3, 0.4) is 0 Å².